The molecule has 0 saturated heterocycles. The Kier molecular flexibility index (Phi) is 5.32. The highest BCUT2D eigenvalue weighted by atomic mass is 127. The van der Waals surface area contributed by atoms with Crippen LogP contribution in [0, 0.1) is 0 Å². The van der Waals surface area contributed by atoms with E-state index in [0.29, 0.717) is 6.04 Å². The minimum Gasteiger partial charge on any atom is -0.306 e. The second kappa shape index (κ2) is 7.00. The van der Waals surface area contributed by atoms with Crippen LogP contribution < -0.4 is 0 Å². The smallest absolute Gasteiger partial charge is 0.0170 e. The van der Waals surface area contributed by atoms with Crippen LogP contribution in [0.5, 0.6) is 0 Å². The van der Waals surface area contributed by atoms with Crippen LogP contribution in [0.25, 0.3) is 0 Å². The van der Waals surface area contributed by atoms with Crippen LogP contribution in [0.4, 0.5) is 0 Å². The lowest BCUT2D eigenvalue weighted by Gasteiger charge is -2.25. The summed E-state index contributed by atoms with van der Waals surface area (Å²) >= 11 is 0.170. The molecule has 0 saturated carbocycles. The van der Waals surface area contributed by atoms with Crippen molar-refractivity contribution in [1.82, 2.24) is 4.90 Å². The molecule has 0 fully saturated rings. The van der Waals surface area contributed by atoms with E-state index in [2.05, 4.69) is 69.6 Å². The molecular weight excluding hydrogens is 333 g/mol. The second-order valence-corrected chi connectivity index (χ2v) is 6.87. The molecule has 2 heteroatoms. The van der Waals surface area contributed by atoms with Crippen molar-refractivity contribution in [3.05, 3.63) is 57.7 Å². The van der Waals surface area contributed by atoms with E-state index >= 15 is 0 Å². The summed E-state index contributed by atoms with van der Waals surface area (Å²) in [6.45, 7) is 0. The van der Waals surface area contributed by atoms with Gasteiger partial charge in [0.15, 0.2) is 0 Å². The van der Waals surface area contributed by atoms with Gasteiger partial charge in [0.25, 0.3) is 0 Å². The number of allylic oxidation sites excluding steroid dienone is 2. The Hall–Kier alpha value is -0.740. The van der Waals surface area contributed by atoms with Crippen molar-refractivity contribution >= 4 is 24.7 Å². The van der Waals surface area contributed by atoms with Crippen molar-refractivity contribution in [2.45, 2.75) is 18.9 Å². The first-order valence-electron chi connectivity index (χ1n) is 6.27. The molecule has 1 aromatic carbocycles. The Bertz CT molecular complexity index is 457. The molecule has 0 aromatic heterocycles. The van der Waals surface area contributed by atoms with Crippen LogP contribution >= 0.6 is 20.7 Å². The van der Waals surface area contributed by atoms with Gasteiger partial charge in [0, 0.05) is 6.04 Å². The zero-order valence-corrected chi connectivity index (χ0v) is 13.2. The summed E-state index contributed by atoms with van der Waals surface area (Å²) < 4.78 is 4.75. The summed E-state index contributed by atoms with van der Waals surface area (Å²) in [5.41, 5.74) is 2.94. The van der Waals surface area contributed by atoms with Crippen LogP contribution in [-0.4, -0.2) is 29.0 Å². The Morgan fingerprint density at radius 2 is 1.89 bits per heavy atom. The van der Waals surface area contributed by atoms with E-state index in [1.807, 2.05) is 0 Å². The van der Waals surface area contributed by atoms with Gasteiger partial charge < -0.3 is 4.90 Å². The minimum absolute atomic E-state index is 0.170. The predicted molar refractivity (Wildman–Crippen MR) is 89.5 cm³/mol. The van der Waals surface area contributed by atoms with Crippen LogP contribution in [0.3, 0.4) is 0 Å². The lowest BCUT2D eigenvalue weighted by molar-refractivity contribution is 0.291. The molecular formula is C16H20IN. The average Bonchev–Trinajstić information content (AvgIpc) is 2.40. The van der Waals surface area contributed by atoms with Gasteiger partial charge in [-0.2, -0.15) is 0 Å². The van der Waals surface area contributed by atoms with Gasteiger partial charge in [-0.25, -0.2) is 0 Å². The van der Waals surface area contributed by atoms with Gasteiger partial charge in [0.1, 0.15) is 0 Å². The first-order chi connectivity index (χ1) is 8.75. The van der Waals surface area contributed by atoms with Gasteiger partial charge in [-0.1, -0.05) is 63.2 Å². The largest absolute Gasteiger partial charge is 0.306 e. The molecule has 0 bridgehead atoms. The average molecular weight is 353 g/mol. The van der Waals surface area contributed by atoms with E-state index in [0.717, 1.165) is 12.8 Å². The number of rotatable bonds is 5. The van der Waals surface area contributed by atoms with Crippen molar-refractivity contribution in [3.63, 3.8) is 0 Å². The molecule has 96 valence electrons. The fraction of sp³-hybridized carbons (Fsp3) is 0.312. The van der Waals surface area contributed by atoms with Crippen LogP contribution in [0.15, 0.2) is 52.1 Å². The SMILES string of the molecule is CN(C)C(CC1=CC=CI=C1)Cc1ccccc1. The third-order valence-electron chi connectivity index (χ3n) is 3.17. The molecule has 1 atom stereocenters. The Morgan fingerprint density at radius 3 is 2.50 bits per heavy atom. The lowest BCUT2D eigenvalue weighted by Crippen LogP contribution is -2.30. The first-order valence-corrected chi connectivity index (χ1v) is 8.76. The maximum atomic E-state index is 2.44. The summed E-state index contributed by atoms with van der Waals surface area (Å²) in [5.74, 6) is 0. The van der Waals surface area contributed by atoms with Gasteiger partial charge in [-0.3, -0.25) is 0 Å². The molecule has 18 heavy (non-hydrogen) atoms. The number of benzene rings is 1. The normalized spacial score (nSPS) is 16.3. The van der Waals surface area contributed by atoms with E-state index in [-0.39, 0.29) is 20.7 Å². The third kappa shape index (κ3) is 4.18. The lowest BCUT2D eigenvalue weighted by atomic mass is 9.98. The highest BCUT2D eigenvalue weighted by Gasteiger charge is 2.13. The summed E-state index contributed by atoms with van der Waals surface area (Å²) in [4.78, 5) is 2.35. The van der Waals surface area contributed by atoms with Crippen LogP contribution in [-0.2, 0) is 6.42 Å². The minimum atomic E-state index is 0.170. The highest BCUT2D eigenvalue weighted by Crippen LogP contribution is 2.18. The van der Waals surface area contributed by atoms with E-state index in [1.54, 1.807) is 0 Å². The number of hydrogen-bond acceptors (Lipinski definition) is 1. The number of halogens is 1. The zero-order chi connectivity index (χ0) is 12.8. The second-order valence-electron chi connectivity index (χ2n) is 4.81. The van der Waals surface area contributed by atoms with Crippen LogP contribution in [0.2, 0.25) is 0 Å². The molecule has 0 N–H and O–H groups in total. The first kappa shape index (κ1) is 13.7. The molecule has 0 spiro atoms. The van der Waals surface area contributed by atoms with Crippen molar-refractivity contribution in [1.29, 1.82) is 0 Å². The monoisotopic (exact) mass is 353 g/mol. The summed E-state index contributed by atoms with van der Waals surface area (Å²) in [7, 11) is 4.36. The summed E-state index contributed by atoms with van der Waals surface area (Å²) in [5, 5.41) is 0. The highest BCUT2D eigenvalue weighted by molar-refractivity contribution is 14.2. The molecule has 0 radical (unpaired) electrons. The van der Waals surface area contributed by atoms with Gasteiger partial charge in [-0.15, -0.1) is 0 Å². The quantitative estimate of drug-likeness (QED) is 0.729. The van der Waals surface area contributed by atoms with E-state index in [1.165, 1.54) is 11.1 Å². The van der Waals surface area contributed by atoms with Crippen molar-refractivity contribution in [2.24, 2.45) is 0 Å². The Labute approximate surface area is 120 Å². The Morgan fingerprint density at radius 1 is 1.11 bits per heavy atom. The van der Waals surface area contributed by atoms with Gasteiger partial charge in [-0.05, 0) is 46.2 Å². The number of nitrogens with zero attached hydrogens (tertiary/aromatic N) is 1. The Balaban J connectivity index is 2.03. The van der Waals surface area contributed by atoms with Gasteiger partial charge in [0.05, 0.1) is 0 Å². The molecule has 2 rings (SSSR count). The van der Waals surface area contributed by atoms with Gasteiger partial charge >= 0.3 is 0 Å². The maximum Gasteiger partial charge on any atom is 0.0170 e. The third-order valence-corrected chi connectivity index (χ3v) is 5.16. The van der Waals surface area contributed by atoms with E-state index in [4.69, 9.17) is 0 Å². The fourth-order valence-corrected chi connectivity index (χ4v) is 3.64. The molecule has 1 nitrogen and oxygen atoms in total. The molecule has 0 amide bonds. The number of likely N-dealkylation sites (N-methyl/N-ethyl adjacent to an activating group) is 1. The van der Waals surface area contributed by atoms with Crippen molar-refractivity contribution in [2.75, 3.05) is 14.1 Å². The maximum absolute atomic E-state index is 2.44. The summed E-state index contributed by atoms with van der Waals surface area (Å²) in [6, 6.07) is 11.4. The zero-order valence-electron chi connectivity index (χ0n) is 11.0. The molecule has 0 aliphatic carbocycles. The van der Waals surface area contributed by atoms with E-state index in [9.17, 15) is 0 Å². The van der Waals surface area contributed by atoms with Crippen molar-refractivity contribution < 1.29 is 0 Å². The van der Waals surface area contributed by atoms with E-state index < -0.39 is 0 Å². The standard InChI is InChI=1S/C16H20IN/c1-18(2)16(11-14-7-4-3-5-8-14)12-15-9-6-10-17-13-15/h3-10,13,16H,11-12H2,1-2H3. The molecule has 1 aliphatic rings. The number of hydrogen-bond donors (Lipinski definition) is 0. The molecule has 1 heterocycles. The van der Waals surface area contributed by atoms with Crippen molar-refractivity contribution in [3.8, 4) is 0 Å². The molecule has 1 aromatic rings. The van der Waals surface area contributed by atoms with Crippen LogP contribution in [0.1, 0.15) is 12.0 Å². The predicted octanol–water partition coefficient (Wildman–Crippen LogP) is 3.78. The topological polar surface area (TPSA) is 3.24 Å². The van der Waals surface area contributed by atoms with Gasteiger partial charge in [0.2, 0.25) is 0 Å². The summed E-state index contributed by atoms with van der Waals surface area (Å²) in [6.07, 6.45) is 6.77. The molecule has 1 unspecified atom stereocenters. The molecule has 1 aliphatic heterocycles. The fourth-order valence-electron chi connectivity index (χ4n) is 2.06.